The van der Waals surface area contributed by atoms with Crippen LogP contribution in [-0.4, -0.2) is 16.7 Å². The number of hydrogen-bond acceptors (Lipinski definition) is 2. The minimum absolute atomic E-state index is 0.227. The Morgan fingerprint density at radius 3 is 2.32 bits per heavy atom. The maximum atomic E-state index is 11.9. The fraction of sp³-hybridized carbons (Fsp3) is 0. The fourth-order valence-electron chi connectivity index (χ4n) is 2.13. The van der Waals surface area contributed by atoms with Gasteiger partial charge in [0.2, 0.25) is 0 Å². The SMILES string of the molecule is O=C(N/N=C\c1cccn1-c1ccccc1)c1ccccc1. The molecule has 3 aromatic rings. The summed E-state index contributed by atoms with van der Waals surface area (Å²) in [6, 6.07) is 22.8. The van der Waals surface area contributed by atoms with Gasteiger partial charge in [0.15, 0.2) is 0 Å². The number of rotatable bonds is 4. The minimum Gasteiger partial charge on any atom is -0.316 e. The van der Waals surface area contributed by atoms with Crippen LogP contribution in [0.25, 0.3) is 5.69 Å². The van der Waals surface area contributed by atoms with Gasteiger partial charge in [-0.1, -0.05) is 36.4 Å². The molecule has 4 heteroatoms. The van der Waals surface area contributed by atoms with Gasteiger partial charge in [-0.25, -0.2) is 5.43 Å². The number of carbonyl (C=O) groups excluding carboxylic acids is 1. The van der Waals surface area contributed by atoms with E-state index in [1.165, 1.54) is 0 Å². The molecule has 1 N–H and O–H groups in total. The highest BCUT2D eigenvalue weighted by Crippen LogP contribution is 2.10. The maximum absolute atomic E-state index is 11.9. The van der Waals surface area contributed by atoms with Gasteiger partial charge in [-0.05, 0) is 36.4 Å². The lowest BCUT2D eigenvalue weighted by Crippen LogP contribution is -2.17. The molecule has 4 nitrogen and oxygen atoms in total. The molecular weight excluding hydrogens is 274 g/mol. The highest BCUT2D eigenvalue weighted by atomic mass is 16.2. The zero-order valence-corrected chi connectivity index (χ0v) is 11.9. The van der Waals surface area contributed by atoms with Crippen molar-refractivity contribution in [3.63, 3.8) is 0 Å². The molecule has 2 aromatic carbocycles. The molecule has 0 saturated heterocycles. The molecule has 0 spiro atoms. The first-order valence-electron chi connectivity index (χ1n) is 6.96. The smallest absolute Gasteiger partial charge is 0.271 e. The van der Waals surface area contributed by atoms with Crippen LogP contribution in [0.2, 0.25) is 0 Å². The Kier molecular flexibility index (Phi) is 4.11. The van der Waals surface area contributed by atoms with E-state index in [0.717, 1.165) is 11.4 Å². The molecule has 0 aliphatic rings. The van der Waals surface area contributed by atoms with Gasteiger partial charge in [0.05, 0.1) is 11.9 Å². The first-order chi connectivity index (χ1) is 10.8. The van der Waals surface area contributed by atoms with Crippen LogP contribution in [0.4, 0.5) is 0 Å². The fourth-order valence-corrected chi connectivity index (χ4v) is 2.13. The predicted octanol–water partition coefficient (Wildman–Crippen LogP) is 3.24. The van der Waals surface area contributed by atoms with Gasteiger partial charge < -0.3 is 4.57 Å². The number of aromatic nitrogens is 1. The van der Waals surface area contributed by atoms with E-state index in [0.29, 0.717) is 5.56 Å². The van der Waals surface area contributed by atoms with Gasteiger partial charge in [-0.2, -0.15) is 5.10 Å². The van der Waals surface area contributed by atoms with Crippen molar-refractivity contribution >= 4 is 12.1 Å². The number of amides is 1. The van der Waals surface area contributed by atoms with Crippen molar-refractivity contribution < 1.29 is 4.79 Å². The first-order valence-corrected chi connectivity index (χ1v) is 6.96. The Balaban J connectivity index is 1.72. The van der Waals surface area contributed by atoms with Crippen LogP contribution in [0.5, 0.6) is 0 Å². The van der Waals surface area contributed by atoms with Crippen molar-refractivity contribution in [1.82, 2.24) is 9.99 Å². The lowest BCUT2D eigenvalue weighted by atomic mass is 10.2. The minimum atomic E-state index is -0.227. The van der Waals surface area contributed by atoms with E-state index in [9.17, 15) is 4.79 Å². The molecular formula is C18H15N3O. The van der Waals surface area contributed by atoms with E-state index in [-0.39, 0.29) is 5.91 Å². The largest absolute Gasteiger partial charge is 0.316 e. The summed E-state index contributed by atoms with van der Waals surface area (Å²) in [5.41, 5.74) is 5.05. The molecule has 0 fully saturated rings. The summed E-state index contributed by atoms with van der Waals surface area (Å²) in [7, 11) is 0. The lowest BCUT2D eigenvalue weighted by molar-refractivity contribution is 0.0955. The van der Waals surface area contributed by atoms with Gasteiger partial charge in [0.1, 0.15) is 0 Å². The Labute approximate surface area is 128 Å². The Hall–Kier alpha value is -3.14. The second kappa shape index (κ2) is 6.54. The summed E-state index contributed by atoms with van der Waals surface area (Å²) in [6.45, 7) is 0. The van der Waals surface area contributed by atoms with Crippen LogP contribution in [0.1, 0.15) is 16.1 Å². The zero-order chi connectivity index (χ0) is 15.2. The molecule has 1 amide bonds. The summed E-state index contributed by atoms with van der Waals surface area (Å²) < 4.78 is 2.00. The maximum Gasteiger partial charge on any atom is 0.271 e. The molecule has 0 aliphatic carbocycles. The lowest BCUT2D eigenvalue weighted by Gasteiger charge is -2.05. The molecule has 108 valence electrons. The average molecular weight is 289 g/mol. The van der Waals surface area contributed by atoms with E-state index in [4.69, 9.17) is 0 Å². The van der Waals surface area contributed by atoms with Crippen LogP contribution >= 0.6 is 0 Å². The van der Waals surface area contributed by atoms with Gasteiger partial charge in [0.25, 0.3) is 5.91 Å². The topological polar surface area (TPSA) is 46.4 Å². The van der Waals surface area contributed by atoms with E-state index >= 15 is 0 Å². The van der Waals surface area contributed by atoms with Crippen molar-refractivity contribution in [2.24, 2.45) is 5.10 Å². The van der Waals surface area contributed by atoms with E-state index in [1.54, 1.807) is 18.3 Å². The number of nitrogens with one attached hydrogen (secondary N) is 1. The molecule has 0 unspecified atom stereocenters. The number of hydrazone groups is 1. The normalized spacial score (nSPS) is 10.7. The standard InChI is InChI=1S/C18H15N3O/c22-18(15-8-3-1-4-9-15)20-19-14-17-12-7-13-21(17)16-10-5-2-6-11-16/h1-14H,(H,20,22)/b19-14-. The van der Waals surface area contributed by atoms with Gasteiger partial charge >= 0.3 is 0 Å². The monoisotopic (exact) mass is 289 g/mol. The Morgan fingerprint density at radius 1 is 0.909 bits per heavy atom. The average Bonchev–Trinajstić information content (AvgIpc) is 3.05. The molecule has 3 rings (SSSR count). The molecule has 1 heterocycles. The Morgan fingerprint density at radius 2 is 1.59 bits per heavy atom. The number of benzene rings is 2. The number of carbonyl (C=O) groups is 1. The van der Waals surface area contributed by atoms with Crippen LogP contribution in [-0.2, 0) is 0 Å². The number of para-hydroxylation sites is 1. The zero-order valence-electron chi connectivity index (χ0n) is 11.9. The van der Waals surface area contributed by atoms with Crippen molar-refractivity contribution in [2.45, 2.75) is 0 Å². The molecule has 0 aliphatic heterocycles. The van der Waals surface area contributed by atoms with Gasteiger partial charge in [0, 0.05) is 17.4 Å². The molecule has 0 bridgehead atoms. The molecule has 22 heavy (non-hydrogen) atoms. The van der Waals surface area contributed by atoms with Crippen LogP contribution < -0.4 is 5.43 Å². The van der Waals surface area contributed by atoms with E-state index in [1.807, 2.05) is 71.4 Å². The van der Waals surface area contributed by atoms with E-state index < -0.39 is 0 Å². The van der Waals surface area contributed by atoms with Crippen molar-refractivity contribution in [3.05, 3.63) is 90.3 Å². The predicted molar refractivity (Wildman–Crippen MR) is 87.3 cm³/mol. The van der Waals surface area contributed by atoms with Gasteiger partial charge in [-0.3, -0.25) is 4.79 Å². The second-order valence-corrected chi connectivity index (χ2v) is 4.70. The second-order valence-electron chi connectivity index (χ2n) is 4.70. The molecule has 0 radical (unpaired) electrons. The Bertz CT molecular complexity index is 776. The quantitative estimate of drug-likeness (QED) is 0.581. The van der Waals surface area contributed by atoms with Crippen LogP contribution in [0.15, 0.2) is 84.1 Å². The van der Waals surface area contributed by atoms with Crippen molar-refractivity contribution in [2.75, 3.05) is 0 Å². The third kappa shape index (κ3) is 3.12. The first kappa shape index (κ1) is 13.8. The van der Waals surface area contributed by atoms with Crippen LogP contribution in [0, 0.1) is 0 Å². The molecule has 0 atom stereocenters. The third-order valence-corrected chi connectivity index (χ3v) is 3.21. The number of hydrogen-bond donors (Lipinski definition) is 1. The molecule has 1 aromatic heterocycles. The number of nitrogens with zero attached hydrogens (tertiary/aromatic N) is 2. The summed E-state index contributed by atoms with van der Waals surface area (Å²) >= 11 is 0. The summed E-state index contributed by atoms with van der Waals surface area (Å²) in [6.07, 6.45) is 3.59. The third-order valence-electron chi connectivity index (χ3n) is 3.21. The van der Waals surface area contributed by atoms with E-state index in [2.05, 4.69) is 10.5 Å². The van der Waals surface area contributed by atoms with Crippen molar-refractivity contribution in [1.29, 1.82) is 0 Å². The van der Waals surface area contributed by atoms with Gasteiger partial charge in [-0.15, -0.1) is 0 Å². The summed E-state index contributed by atoms with van der Waals surface area (Å²) in [5, 5.41) is 4.03. The summed E-state index contributed by atoms with van der Waals surface area (Å²) in [5.74, 6) is -0.227. The highest BCUT2D eigenvalue weighted by molar-refractivity contribution is 5.94. The van der Waals surface area contributed by atoms with Crippen molar-refractivity contribution in [3.8, 4) is 5.69 Å². The summed E-state index contributed by atoms with van der Waals surface area (Å²) in [4.78, 5) is 11.9. The van der Waals surface area contributed by atoms with Crippen LogP contribution in [0.3, 0.4) is 0 Å². The molecule has 0 saturated carbocycles. The highest BCUT2D eigenvalue weighted by Gasteiger charge is 2.03.